The second-order valence-corrected chi connectivity index (χ2v) is 9.02. The van der Waals surface area contributed by atoms with Gasteiger partial charge < -0.3 is 24.2 Å². The molecule has 0 spiro atoms. The Hall–Kier alpha value is -2.28. The fourth-order valence-corrected chi connectivity index (χ4v) is 4.15. The smallest absolute Gasteiger partial charge is 0.119 e. The molecule has 5 nitrogen and oxygen atoms in total. The van der Waals surface area contributed by atoms with Gasteiger partial charge in [-0.1, -0.05) is 54.1 Å². The lowest BCUT2D eigenvalue weighted by Crippen LogP contribution is -2.46. The van der Waals surface area contributed by atoms with Crippen LogP contribution in [0.1, 0.15) is 24.0 Å². The maximum absolute atomic E-state index is 10.4. The van der Waals surface area contributed by atoms with E-state index in [1.807, 2.05) is 66.7 Å². The topological polar surface area (TPSA) is 51.2 Å². The van der Waals surface area contributed by atoms with Crippen LogP contribution in [0, 0.1) is 0 Å². The first-order valence-electron chi connectivity index (χ1n) is 11.8. The Bertz CT molecular complexity index is 986. The predicted molar refractivity (Wildman–Crippen MR) is 143 cm³/mol. The highest BCUT2D eigenvalue weighted by Gasteiger charge is 2.26. The maximum atomic E-state index is 10.4. The molecule has 1 heterocycles. The van der Waals surface area contributed by atoms with Crippen molar-refractivity contribution in [3.05, 3.63) is 95.0 Å². The first kappa shape index (κ1) is 27.3. The van der Waals surface area contributed by atoms with E-state index >= 15 is 0 Å². The summed E-state index contributed by atoms with van der Waals surface area (Å²) in [5.41, 5.74) is 3.31. The van der Waals surface area contributed by atoms with Crippen LogP contribution in [-0.4, -0.2) is 43.6 Å². The first-order chi connectivity index (χ1) is 16.7. The summed E-state index contributed by atoms with van der Waals surface area (Å²) in [4.78, 5) is 2.17. The van der Waals surface area contributed by atoms with Gasteiger partial charge in [0, 0.05) is 36.6 Å². The molecule has 3 aromatic carbocycles. The summed E-state index contributed by atoms with van der Waals surface area (Å²) in [5, 5.41) is 11.1. The molecule has 0 saturated carbocycles. The molecule has 3 aromatic rings. The van der Waals surface area contributed by atoms with E-state index in [4.69, 9.17) is 25.8 Å². The van der Waals surface area contributed by atoms with Gasteiger partial charge in [0.2, 0.25) is 0 Å². The number of aliphatic hydroxyl groups excluding tert-OH is 1. The molecule has 1 saturated heterocycles. The van der Waals surface area contributed by atoms with Crippen molar-refractivity contribution >= 4 is 29.7 Å². The van der Waals surface area contributed by atoms with Gasteiger partial charge in [-0.25, -0.2) is 0 Å². The van der Waals surface area contributed by atoms with Crippen molar-refractivity contribution in [1.29, 1.82) is 0 Å². The average molecular weight is 518 g/mol. The zero-order valence-electron chi connectivity index (χ0n) is 19.7. The van der Waals surface area contributed by atoms with Crippen molar-refractivity contribution in [2.24, 2.45) is 0 Å². The highest BCUT2D eigenvalue weighted by molar-refractivity contribution is 6.30. The summed E-state index contributed by atoms with van der Waals surface area (Å²) < 4.78 is 17.6. The van der Waals surface area contributed by atoms with Gasteiger partial charge in [-0.2, -0.15) is 0 Å². The number of hydrogen-bond donors (Lipinski definition) is 1. The lowest BCUT2D eigenvalue weighted by molar-refractivity contribution is -0.00477. The predicted octanol–water partition coefficient (Wildman–Crippen LogP) is 5.90. The number of anilines is 1. The Morgan fingerprint density at radius 2 is 1.54 bits per heavy atom. The molecule has 0 aliphatic carbocycles. The largest absolute Gasteiger partial charge is 0.494 e. The second kappa shape index (κ2) is 14.3. The fourth-order valence-electron chi connectivity index (χ4n) is 4.02. The molecule has 0 aromatic heterocycles. The van der Waals surface area contributed by atoms with E-state index in [2.05, 4.69) is 17.0 Å². The van der Waals surface area contributed by atoms with E-state index in [1.165, 1.54) is 5.56 Å². The summed E-state index contributed by atoms with van der Waals surface area (Å²) in [7, 11) is 0. The molecule has 1 aliphatic rings. The monoisotopic (exact) mass is 517 g/mol. The lowest BCUT2D eigenvalue weighted by Gasteiger charge is -2.37. The standard InChI is InChI=1S/C28H32ClNO4.ClH/c29-24-9-7-23(8-10-24)21-34-28-17-26(31)18-30(19-28)25-11-13-27(14-12-25)33-16-4-15-32-20-22-5-2-1-3-6-22;/h1-3,5-14,26,28,31H,4,15-21H2;1H. The Morgan fingerprint density at radius 3 is 2.29 bits per heavy atom. The van der Waals surface area contributed by atoms with E-state index in [9.17, 15) is 5.11 Å². The number of rotatable bonds is 11. The van der Waals surface area contributed by atoms with Gasteiger partial charge in [0.15, 0.2) is 0 Å². The number of piperidine rings is 1. The Labute approximate surface area is 219 Å². The van der Waals surface area contributed by atoms with Gasteiger partial charge in [-0.15, -0.1) is 12.4 Å². The van der Waals surface area contributed by atoms with Crippen LogP contribution in [-0.2, 0) is 22.7 Å². The van der Waals surface area contributed by atoms with E-state index in [0.29, 0.717) is 44.4 Å². The minimum atomic E-state index is -0.421. The zero-order valence-corrected chi connectivity index (χ0v) is 21.3. The maximum Gasteiger partial charge on any atom is 0.119 e. The molecule has 0 amide bonds. The third-order valence-electron chi connectivity index (χ3n) is 5.80. The van der Waals surface area contributed by atoms with Crippen LogP contribution in [0.2, 0.25) is 5.02 Å². The van der Waals surface area contributed by atoms with Crippen LogP contribution in [0.5, 0.6) is 5.75 Å². The summed E-state index contributed by atoms with van der Waals surface area (Å²) >= 11 is 5.95. The number of halogens is 2. The van der Waals surface area contributed by atoms with Crippen molar-refractivity contribution in [2.45, 2.75) is 38.3 Å². The molecule has 1 N–H and O–H groups in total. The number of benzene rings is 3. The Kier molecular flexibility index (Phi) is 11.2. The summed E-state index contributed by atoms with van der Waals surface area (Å²) in [6.45, 7) is 3.74. The van der Waals surface area contributed by atoms with Crippen LogP contribution in [0.15, 0.2) is 78.9 Å². The quantitative estimate of drug-likeness (QED) is 0.320. The number of hydrogen-bond acceptors (Lipinski definition) is 5. The van der Waals surface area contributed by atoms with Crippen LogP contribution in [0.3, 0.4) is 0 Å². The van der Waals surface area contributed by atoms with E-state index in [0.717, 1.165) is 30.0 Å². The number of ether oxygens (including phenoxy) is 3. The molecule has 7 heteroatoms. The first-order valence-corrected chi connectivity index (χ1v) is 12.2. The van der Waals surface area contributed by atoms with Gasteiger partial charge in [0.1, 0.15) is 5.75 Å². The van der Waals surface area contributed by atoms with Crippen LogP contribution >= 0.6 is 24.0 Å². The van der Waals surface area contributed by atoms with Crippen molar-refractivity contribution in [3.63, 3.8) is 0 Å². The number of aliphatic hydroxyl groups is 1. The van der Waals surface area contributed by atoms with Crippen LogP contribution in [0.4, 0.5) is 5.69 Å². The van der Waals surface area contributed by atoms with Crippen LogP contribution < -0.4 is 9.64 Å². The molecule has 2 atom stereocenters. The van der Waals surface area contributed by atoms with Crippen LogP contribution in [0.25, 0.3) is 0 Å². The van der Waals surface area contributed by atoms with E-state index < -0.39 is 6.10 Å². The normalized spacial score (nSPS) is 17.6. The molecule has 2 unspecified atom stereocenters. The summed E-state index contributed by atoms with van der Waals surface area (Å²) in [6, 6.07) is 25.9. The molecule has 4 rings (SSSR count). The van der Waals surface area contributed by atoms with Gasteiger partial charge in [0.25, 0.3) is 0 Å². The minimum absolute atomic E-state index is 0. The lowest BCUT2D eigenvalue weighted by atomic mass is 10.0. The molecular weight excluding hydrogens is 485 g/mol. The number of nitrogens with zero attached hydrogens (tertiary/aromatic N) is 1. The fraction of sp³-hybridized carbons (Fsp3) is 0.357. The zero-order chi connectivity index (χ0) is 23.6. The molecule has 35 heavy (non-hydrogen) atoms. The van der Waals surface area contributed by atoms with Gasteiger partial charge in [0.05, 0.1) is 38.6 Å². The third-order valence-corrected chi connectivity index (χ3v) is 6.06. The Balaban J connectivity index is 0.00000342. The number of β-amino-alcohol motifs (C(OH)–C–C–N with tert-alkyl or cyclic N) is 1. The highest BCUT2D eigenvalue weighted by Crippen LogP contribution is 2.25. The second-order valence-electron chi connectivity index (χ2n) is 8.59. The van der Waals surface area contributed by atoms with E-state index in [-0.39, 0.29) is 18.5 Å². The third kappa shape index (κ3) is 9.02. The SMILES string of the molecule is Cl.OC1CC(OCc2ccc(Cl)cc2)CN(c2ccc(OCCCOCc3ccccc3)cc2)C1. The molecule has 1 fully saturated rings. The van der Waals surface area contributed by atoms with Crippen molar-refractivity contribution in [2.75, 3.05) is 31.2 Å². The van der Waals surface area contributed by atoms with Crippen molar-refractivity contribution in [1.82, 2.24) is 0 Å². The molecular formula is C28H33Cl2NO4. The minimum Gasteiger partial charge on any atom is -0.494 e. The van der Waals surface area contributed by atoms with Crippen molar-refractivity contribution in [3.8, 4) is 5.75 Å². The highest BCUT2D eigenvalue weighted by atomic mass is 35.5. The molecule has 188 valence electrons. The molecule has 0 bridgehead atoms. The van der Waals surface area contributed by atoms with Gasteiger partial charge in [-0.05, 0) is 47.5 Å². The van der Waals surface area contributed by atoms with Crippen molar-refractivity contribution < 1.29 is 19.3 Å². The van der Waals surface area contributed by atoms with E-state index in [1.54, 1.807) is 0 Å². The Morgan fingerprint density at radius 1 is 0.829 bits per heavy atom. The molecule has 0 radical (unpaired) electrons. The van der Waals surface area contributed by atoms with Gasteiger partial charge >= 0.3 is 0 Å². The molecule has 1 aliphatic heterocycles. The average Bonchev–Trinajstić information content (AvgIpc) is 2.86. The summed E-state index contributed by atoms with van der Waals surface area (Å²) in [6.07, 6.45) is 1.01. The van der Waals surface area contributed by atoms with Gasteiger partial charge in [-0.3, -0.25) is 0 Å². The summed E-state index contributed by atoms with van der Waals surface area (Å²) in [5.74, 6) is 0.833.